The molecule has 21 heavy (non-hydrogen) atoms. The molecule has 6 nitrogen and oxygen atoms in total. The predicted octanol–water partition coefficient (Wildman–Crippen LogP) is 1.02. The minimum absolute atomic E-state index is 0.0782. The average molecular weight is 289 g/mol. The Labute approximate surface area is 122 Å². The lowest BCUT2D eigenvalue weighted by Crippen LogP contribution is -2.53. The third-order valence-electron chi connectivity index (χ3n) is 3.38. The molecule has 0 fully saturated rings. The fraction of sp³-hybridized carbons (Fsp3) is 0.333. The molecule has 0 spiro atoms. The van der Waals surface area contributed by atoms with Crippen molar-refractivity contribution in [2.75, 3.05) is 6.54 Å². The number of rotatable bonds is 6. The van der Waals surface area contributed by atoms with Crippen LogP contribution in [0.2, 0.25) is 0 Å². The second kappa shape index (κ2) is 5.97. The largest absolute Gasteiger partial charge is 0.481 e. The number of nitrogens with one attached hydrogen (secondary N) is 2. The van der Waals surface area contributed by atoms with Crippen molar-refractivity contribution < 1.29 is 14.7 Å². The molecule has 0 saturated heterocycles. The van der Waals surface area contributed by atoms with Crippen molar-refractivity contribution in [2.24, 2.45) is 5.73 Å². The second-order valence-electron chi connectivity index (χ2n) is 5.35. The molecule has 1 unspecified atom stereocenters. The molecule has 0 bridgehead atoms. The number of aliphatic carboxylic acids is 1. The van der Waals surface area contributed by atoms with Crippen molar-refractivity contribution in [3.8, 4) is 0 Å². The first-order valence-corrected chi connectivity index (χ1v) is 6.74. The average Bonchev–Trinajstić information content (AvgIpc) is 2.81. The van der Waals surface area contributed by atoms with Gasteiger partial charge in [-0.05, 0) is 18.6 Å². The molecule has 0 aliphatic carbocycles. The molecule has 2 rings (SSSR count). The SMILES string of the molecule is CC(N)(Cc1c[nH]c2ccccc12)C(=O)NCCC(=O)O. The van der Waals surface area contributed by atoms with Gasteiger partial charge in [0.15, 0.2) is 0 Å². The lowest BCUT2D eigenvalue weighted by atomic mass is 9.92. The van der Waals surface area contributed by atoms with E-state index in [9.17, 15) is 9.59 Å². The van der Waals surface area contributed by atoms with Gasteiger partial charge in [0.2, 0.25) is 5.91 Å². The Morgan fingerprint density at radius 2 is 2.10 bits per heavy atom. The van der Waals surface area contributed by atoms with Gasteiger partial charge in [0.1, 0.15) is 0 Å². The number of hydrogen-bond donors (Lipinski definition) is 4. The van der Waals surface area contributed by atoms with E-state index in [0.717, 1.165) is 16.5 Å². The normalized spacial score (nSPS) is 13.8. The summed E-state index contributed by atoms with van der Waals surface area (Å²) in [6.07, 6.45) is 2.10. The molecule has 2 aromatic rings. The van der Waals surface area contributed by atoms with Gasteiger partial charge in [0.25, 0.3) is 0 Å². The molecule has 1 atom stereocenters. The quantitative estimate of drug-likeness (QED) is 0.636. The zero-order valence-corrected chi connectivity index (χ0v) is 11.8. The molecule has 5 N–H and O–H groups in total. The summed E-state index contributed by atoms with van der Waals surface area (Å²) in [5, 5.41) is 12.2. The molecule has 6 heteroatoms. The number of benzene rings is 1. The zero-order valence-electron chi connectivity index (χ0n) is 11.8. The number of carboxylic acid groups (broad SMARTS) is 1. The number of aromatic nitrogens is 1. The van der Waals surface area contributed by atoms with E-state index in [4.69, 9.17) is 10.8 Å². The maximum Gasteiger partial charge on any atom is 0.305 e. The Morgan fingerprint density at radius 1 is 1.38 bits per heavy atom. The van der Waals surface area contributed by atoms with Gasteiger partial charge in [-0.25, -0.2) is 0 Å². The standard InChI is InChI=1S/C15H19N3O3/c1-15(16,14(21)17-7-6-13(19)20)8-10-9-18-12-5-3-2-4-11(10)12/h2-5,9,18H,6-8,16H2,1H3,(H,17,21)(H,19,20). The number of nitrogens with two attached hydrogens (primary N) is 1. The van der Waals surface area contributed by atoms with Crippen molar-refractivity contribution in [2.45, 2.75) is 25.3 Å². The van der Waals surface area contributed by atoms with Crippen molar-refractivity contribution in [1.29, 1.82) is 0 Å². The number of para-hydroxylation sites is 1. The Balaban J connectivity index is 2.06. The third-order valence-corrected chi connectivity index (χ3v) is 3.38. The molecule has 1 aromatic heterocycles. The lowest BCUT2D eigenvalue weighted by Gasteiger charge is -2.23. The minimum atomic E-state index is -1.09. The van der Waals surface area contributed by atoms with E-state index in [-0.39, 0.29) is 18.9 Å². The summed E-state index contributed by atoms with van der Waals surface area (Å²) in [5.41, 5.74) is 6.95. The van der Waals surface area contributed by atoms with E-state index in [2.05, 4.69) is 10.3 Å². The van der Waals surface area contributed by atoms with E-state index in [0.29, 0.717) is 6.42 Å². The van der Waals surface area contributed by atoms with Gasteiger partial charge in [-0.3, -0.25) is 9.59 Å². The summed E-state index contributed by atoms with van der Waals surface area (Å²) in [6, 6.07) is 7.79. The highest BCUT2D eigenvalue weighted by atomic mass is 16.4. The van der Waals surface area contributed by atoms with Crippen LogP contribution in [-0.4, -0.2) is 34.1 Å². The van der Waals surface area contributed by atoms with Gasteiger partial charge >= 0.3 is 5.97 Å². The number of amides is 1. The molecule has 1 aromatic carbocycles. The fourth-order valence-electron chi connectivity index (χ4n) is 2.24. The van der Waals surface area contributed by atoms with Crippen LogP contribution in [0, 0.1) is 0 Å². The Morgan fingerprint density at radius 3 is 2.81 bits per heavy atom. The monoisotopic (exact) mass is 289 g/mol. The smallest absolute Gasteiger partial charge is 0.305 e. The highest BCUT2D eigenvalue weighted by molar-refractivity contribution is 5.88. The molecule has 0 aliphatic heterocycles. The summed E-state index contributed by atoms with van der Waals surface area (Å²) in [7, 11) is 0. The van der Waals surface area contributed by atoms with Crippen LogP contribution in [0.1, 0.15) is 18.9 Å². The van der Waals surface area contributed by atoms with Crippen LogP contribution < -0.4 is 11.1 Å². The highest BCUT2D eigenvalue weighted by Crippen LogP contribution is 2.21. The third kappa shape index (κ3) is 3.61. The predicted molar refractivity (Wildman–Crippen MR) is 79.9 cm³/mol. The molecule has 0 saturated carbocycles. The van der Waals surface area contributed by atoms with E-state index in [1.807, 2.05) is 30.5 Å². The Kier molecular flexibility index (Phi) is 4.28. The summed E-state index contributed by atoms with van der Waals surface area (Å²) >= 11 is 0. The maximum absolute atomic E-state index is 12.1. The number of H-pyrrole nitrogens is 1. The fourth-order valence-corrected chi connectivity index (χ4v) is 2.24. The second-order valence-corrected chi connectivity index (χ2v) is 5.35. The molecule has 112 valence electrons. The van der Waals surface area contributed by atoms with Crippen LogP contribution in [0.5, 0.6) is 0 Å². The van der Waals surface area contributed by atoms with Gasteiger partial charge in [-0.15, -0.1) is 0 Å². The first kappa shape index (κ1) is 15.1. The molecular weight excluding hydrogens is 270 g/mol. The number of carbonyl (C=O) groups excluding carboxylic acids is 1. The first-order chi connectivity index (χ1) is 9.90. The summed E-state index contributed by atoms with van der Waals surface area (Å²) in [4.78, 5) is 25.7. The van der Waals surface area contributed by atoms with Crippen LogP contribution in [0.15, 0.2) is 30.5 Å². The van der Waals surface area contributed by atoms with E-state index < -0.39 is 11.5 Å². The first-order valence-electron chi connectivity index (χ1n) is 6.74. The number of carbonyl (C=O) groups is 2. The van der Waals surface area contributed by atoms with Crippen LogP contribution >= 0.6 is 0 Å². The highest BCUT2D eigenvalue weighted by Gasteiger charge is 2.29. The van der Waals surface area contributed by atoms with E-state index in [1.165, 1.54) is 0 Å². The van der Waals surface area contributed by atoms with Crippen molar-refractivity contribution in [3.05, 3.63) is 36.0 Å². The molecule has 0 aliphatic rings. The Bertz CT molecular complexity index is 661. The van der Waals surface area contributed by atoms with Gasteiger partial charge in [-0.2, -0.15) is 0 Å². The lowest BCUT2D eigenvalue weighted by molar-refractivity contribution is -0.137. The van der Waals surface area contributed by atoms with Crippen LogP contribution in [-0.2, 0) is 16.0 Å². The van der Waals surface area contributed by atoms with Gasteiger partial charge < -0.3 is 21.1 Å². The Hall–Kier alpha value is -2.34. The van der Waals surface area contributed by atoms with E-state index in [1.54, 1.807) is 6.92 Å². The topological polar surface area (TPSA) is 108 Å². The van der Waals surface area contributed by atoms with Crippen LogP contribution in [0.3, 0.4) is 0 Å². The zero-order chi connectivity index (χ0) is 15.5. The molecule has 0 radical (unpaired) electrons. The van der Waals surface area contributed by atoms with E-state index >= 15 is 0 Å². The molecule has 1 amide bonds. The summed E-state index contributed by atoms with van der Waals surface area (Å²) in [6.45, 7) is 1.72. The van der Waals surface area contributed by atoms with Crippen LogP contribution in [0.25, 0.3) is 10.9 Å². The van der Waals surface area contributed by atoms with Crippen molar-refractivity contribution >= 4 is 22.8 Å². The number of carboxylic acids is 1. The number of hydrogen-bond acceptors (Lipinski definition) is 3. The van der Waals surface area contributed by atoms with Gasteiger partial charge in [0, 0.05) is 30.1 Å². The molecular formula is C15H19N3O3. The summed E-state index contributed by atoms with van der Waals surface area (Å²) < 4.78 is 0. The number of fused-ring (bicyclic) bond motifs is 1. The minimum Gasteiger partial charge on any atom is -0.481 e. The van der Waals surface area contributed by atoms with Gasteiger partial charge in [-0.1, -0.05) is 18.2 Å². The summed E-state index contributed by atoms with van der Waals surface area (Å²) in [5.74, 6) is -1.31. The number of aromatic amines is 1. The maximum atomic E-state index is 12.1. The van der Waals surface area contributed by atoms with Crippen molar-refractivity contribution in [3.63, 3.8) is 0 Å². The van der Waals surface area contributed by atoms with Gasteiger partial charge in [0.05, 0.1) is 12.0 Å². The van der Waals surface area contributed by atoms with Crippen LogP contribution in [0.4, 0.5) is 0 Å². The van der Waals surface area contributed by atoms with Crippen molar-refractivity contribution in [1.82, 2.24) is 10.3 Å². The molecule has 1 heterocycles.